The van der Waals surface area contributed by atoms with Gasteiger partial charge in [-0.3, -0.25) is 0 Å². The number of rotatable bonds is 2. The Kier molecular flexibility index (Phi) is 2.71. The highest BCUT2D eigenvalue weighted by Crippen LogP contribution is 2.37. The number of alkyl halides is 2. The van der Waals surface area contributed by atoms with Crippen LogP contribution in [0.4, 0.5) is 8.78 Å². The Morgan fingerprint density at radius 3 is 2.33 bits per heavy atom. The molecule has 1 aliphatic heterocycles. The fourth-order valence-corrected chi connectivity index (χ4v) is 1.72. The molecule has 1 saturated heterocycles. The SMILES string of the molecule is CC(C)C(F)(F)C1CCN(C)C1. The number of hydrogen-bond donors (Lipinski definition) is 0. The van der Waals surface area contributed by atoms with Crippen molar-refractivity contribution in [1.29, 1.82) is 0 Å². The molecule has 1 fully saturated rings. The molecular weight excluding hydrogens is 160 g/mol. The average molecular weight is 177 g/mol. The third kappa shape index (κ3) is 1.76. The van der Waals surface area contributed by atoms with Crippen molar-refractivity contribution >= 4 is 0 Å². The van der Waals surface area contributed by atoms with Crippen LogP contribution in [0.25, 0.3) is 0 Å². The number of nitrogens with zero attached hydrogens (tertiary/aromatic N) is 1. The van der Waals surface area contributed by atoms with Crippen LogP contribution in [-0.4, -0.2) is 31.0 Å². The van der Waals surface area contributed by atoms with Gasteiger partial charge in [-0.05, 0) is 20.0 Å². The Morgan fingerprint density at radius 1 is 1.42 bits per heavy atom. The summed E-state index contributed by atoms with van der Waals surface area (Å²) in [4.78, 5) is 1.97. The normalized spacial score (nSPS) is 27.0. The van der Waals surface area contributed by atoms with E-state index in [1.807, 2.05) is 11.9 Å². The fraction of sp³-hybridized carbons (Fsp3) is 1.00. The lowest BCUT2D eigenvalue weighted by atomic mass is 9.91. The van der Waals surface area contributed by atoms with Gasteiger partial charge in [-0.1, -0.05) is 13.8 Å². The number of halogens is 2. The van der Waals surface area contributed by atoms with Gasteiger partial charge in [0, 0.05) is 18.4 Å². The zero-order valence-corrected chi connectivity index (χ0v) is 7.98. The zero-order valence-electron chi connectivity index (χ0n) is 7.98. The average Bonchev–Trinajstić information content (AvgIpc) is 2.35. The van der Waals surface area contributed by atoms with Crippen molar-refractivity contribution in [3.63, 3.8) is 0 Å². The van der Waals surface area contributed by atoms with E-state index >= 15 is 0 Å². The molecule has 12 heavy (non-hydrogen) atoms. The van der Waals surface area contributed by atoms with E-state index in [1.54, 1.807) is 13.8 Å². The van der Waals surface area contributed by atoms with E-state index in [1.165, 1.54) is 0 Å². The minimum absolute atomic E-state index is 0.428. The van der Waals surface area contributed by atoms with E-state index in [4.69, 9.17) is 0 Å². The number of likely N-dealkylation sites (tertiary alicyclic amines) is 1. The van der Waals surface area contributed by atoms with Crippen LogP contribution in [0.15, 0.2) is 0 Å². The van der Waals surface area contributed by atoms with Crippen LogP contribution in [0.2, 0.25) is 0 Å². The van der Waals surface area contributed by atoms with Gasteiger partial charge in [-0.15, -0.1) is 0 Å². The molecule has 0 aliphatic carbocycles. The lowest BCUT2D eigenvalue weighted by Crippen LogP contribution is -2.35. The van der Waals surface area contributed by atoms with Crippen LogP contribution in [0.3, 0.4) is 0 Å². The maximum atomic E-state index is 13.4. The van der Waals surface area contributed by atoms with Crippen molar-refractivity contribution in [1.82, 2.24) is 4.90 Å². The molecule has 72 valence electrons. The Balaban J connectivity index is 2.57. The van der Waals surface area contributed by atoms with Gasteiger partial charge in [0.25, 0.3) is 5.92 Å². The Bertz CT molecular complexity index is 157. The number of hydrogen-bond acceptors (Lipinski definition) is 1. The van der Waals surface area contributed by atoms with Crippen molar-refractivity contribution in [2.24, 2.45) is 11.8 Å². The van der Waals surface area contributed by atoms with Gasteiger partial charge in [-0.25, -0.2) is 8.78 Å². The monoisotopic (exact) mass is 177 g/mol. The van der Waals surface area contributed by atoms with Gasteiger partial charge < -0.3 is 4.90 Å². The summed E-state index contributed by atoms with van der Waals surface area (Å²) in [5.74, 6) is -3.44. The van der Waals surface area contributed by atoms with E-state index in [2.05, 4.69) is 0 Å². The van der Waals surface area contributed by atoms with Crippen molar-refractivity contribution < 1.29 is 8.78 Å². The molecular formula is C9H17F2N. The first-order valence-corrected chi connectivity index (χ1v) is 4.51. The van der Waals surface area contributed by atoms with E-state index in [0.717, 1.165) is 6.54 Å². The predicted octanol–water partition coefficient (Wildman–Crippen LogP) is 2.23. The summed E-state index contributed by atoms with van der Waals surface area (Å²) in [6.07, 6.45) is 0.641. The van der Waals surface area contributed by atoms with Crippen molar-refractivity contribution in [3.05, 3.63) is 0 Å². The summed E-state index contributed by atoms with van der Waals surface area (Å²) in [7, 11) is 1.90. The largest absolute Gasteiger partial charge is 0.306 e. The van der Waals surface area contributed by atoms with Crippen molar-refractivity contribution in [3.8, 4) is 0 Å². The molecule has 3 heteroatoms. The molecule has 1 nitrogen and oxygen atoms in total. The molecule has 0 saturated carbocycles. The van der Waals surface area contributed by atoms with Crippen LogP contribution in [0.1, 0.15) is 20.3 Å². The molecule has 1 aliphatic rings. The highest BCUT2D eigenvalue weighted by atomic mass is 19.3. The summed E-state index contributed by atoms with van der Waals surface area (Å²) >= 11 is 0. The minimum atomic E-state index is -2.48. The molecule has 0 amide bonds. The Labute approximate surface area is 72.7 Å². The van der Waals surface area contributed by atoms with Gasteiger partial charge in [0.15, 0.2) is 0 Å². The van der Waals surface area contributed by atoms with Crippen molar-refractivity contribution in [2.45, 2.75) is 26.2 Å². The Hall–Kier alpha value is -0.180. The van der Waals surface area contributed by atoms with Gasteiger partial charge in [0.1, 0.15) is 0 Å². The second-order valence-corrected chi connectivity index (χ2v) is 4.08. The van der Waals surface area contributed by atoms with Crippen LogP contribution in [-0.2, 0) is 0 Å². The van der Waals surface area contributed by atoms with Gasteiger partial charge in [-0.2, -0.15) is 0 Å². The van der Waals surface area contributed by atoms with Crippen LogP contribution >= 0.6 is 0 Å². The molecule has 1 heterocycles. The summed E-state index contributed by atoms with van der Waals surface area (Å²) in [6, 6.07) is 0. The lowest BCUT2D eigenvalue weighted by molar-refractivity contribution is -0.0932. The standard InChI is InChI=1S/C9H17F2N/c1-7(2)9(10,11)8-4-5-12(3)6-8/h7-8H,4-6H2,1-3H3. The van der Waals surface area contributed by atoms with Crippen LogP contribution in [0.5, 0.6) is 0 Å². The summed E-state index contributed by atoms with van der Waals surface area (Å²) in [5, 5.41) is 0. The third-order valence-electron chi connectivity index (χ3n) is 2.71. The topological polar surface area (TPSA) is 3.24 Å². The van der Waals surface area contributed by atoms with Gasteiger partial charge >= 0.3 is 0 Å². The van der Waals surface area contributed by atoms with Gasteiger partial charge in [0.2, 0.25) is 0 Å². The summed E-state index contributed by atoms with van der Waals surface area (Å²) < 4.78 is 26.8. The van der Waals surface area contributed by atoms with E-state index < -0.39 is 17.8 Å². The first-order valence-electron chi connectivity index (χ1n) is 4.51. The molecule has 1 rings (SSSR count). The molecule has 0 aromatic heterocycles. The van der Waals surface area contributed by atoms with E-state index in [0.29, 0.717) is 13.0 Å². The molecule has 0 spiro atoms. The van der Waals surface area contributed by atoms with Crippen LogP contribution < -0.4 is 0 Å². The summed E-state index contributed by atoms with van der Waals surface area (Å²) in [5.41, 5.74) is 0. The Morgan fingerprint density at radius 2 is 2.00 bits per heavy atom. The van der Waals surface area contributed by atoms with Gasteiger partial charge in [0.05, 0.1) is 0 Å². The van der Waals surface area contributed by atoms with Crippen LogP contribution in [0, 0.1) is 11.8 Å². The third-order valence-corrected chi connectivity index (χ3v) is 2.71. The predicted molar refractivity (Wildman–Crippen MR) is 45.4 cm³/mol. The first kappa shape index (κ1) is 9.90. The fourth-order valence-electron chi connectivity index (χ4n) is 1.72. The lowest BCUT2D eigenvalue weighted by Gasteiger charge is -2.26. The van der Waals surface area contributed by atoms with Crippen molar-refractivity contribution in [2.75, 3.05) is 20.1 Å². The molecule has 1 unspecified atom stereocenters. The molecule has 0 aromatic rings. The second kappa shape index (κ2) is 3.29. The molecule has 0 N–H and O–H groups in total. The summed E-state index contributed by atoms with van der Waals surface area (Å²) in [6.45, 7) is 4.55. The highest BCUT2D eigenvalue weighted by Gasteiger charge is 2.44. The molecule has 1 atom stereocenters. The zero-order chi connectivity index (χ0) is 9.35. The first-order chi connectivity index (χ1) is 5.44. The second-order valence-electron chi connectivity index (χ2n) is 4.08. The maximum Gasteiger partial charge on any atom is 0.254 e. The molecule has 0 radical (unpaired) electrons. The molecule has 0 bridgehead atoms. The smallest absolute Gasteiger partial charge is 0.254 e. The van der Waals surface area contributed by atoms with E-state index in [9.17, 15) is 8.78 Å². The maximum absolute atomic E-state index is 13.4. The minimum Gasteiger partial charge on any atom is -0.306 e. The molecule has 0 aromatic carbocycles. The van der Waals surface area contributed by atoms with E-state index in [-0.39, 0.29) is 0 Å². The quantitative estimate of drug-likeness (QED) is 0.625. The highest BCUT2D eigenvalue weighted by molar-refractivity contribution is 4.86.